The van der Waals surface area contributed by atoms with E-state index in [1.165, 1.54) is 4.90 Å². The number of likely N-dealkylation sites (N-methyl/N-ethyl adjacent to an activating group) is 1. The van der Waals surface area contributed by atoms with Gasteiger partial charge in [0.1, 0.15) is 0 Å². The Morgan fingerprint density at radius 3 is 2.34 bits per heavy atom. The SMILES string of the molecule is CN1C(=O)[C@H](NC(=O)CCc2cc(Cl)cc(Cl)c2)N=C(c2ccc(C(N)=O)cc2)c2ccccc21. The number of amides is 3. The van der Waals surface area contributed by atoms with Crippen LogP contribution >= 0.6 is 23.2 Å². The molecule has 1 aliphatic rings. The van der Waals surface area contributed by atoms with E-state index in [-0.39, 0.29) is 18.2 Å². The quantitative estimate of drug-likeness (QED) is 0.525. The number of rotatable bonds is 6. The number of halogens is 2. The zero-order chi connectivity index (χ0) is 25.1. The Labute approximate surface area is 212 Å². The molecule has 1 aliphatic heterocycles. The maximum absolute atomic E-state index is 13.2. The fourth-order valence-electron chi connectivity index (χ4n) is 3.88. The van der Waals surface area contributed by atoms with Crippen LogP contribution in [0, 0.1) is 0 Å². The molecule has 0 spiro atoms. The first-order valence-corrected chi connectivity index (χ1v) is 11.6. The van der Waals surface area contributed by atoms with Gasteiger partial charge in [0, 0.05) is 40.2 Å². The summed E-state index contributed by atoms with van der Waals surface area (Å²) in [6.45, 7) is 0. The van der Waals surface area contributed by atoms with Crippen molar-refractivity contribution < 1.29 is 14.4 Å². The Bertz CT molecular complexity index is 1320. The number of benzodiazepines with no additional fused rings is 1. The largest absolute Gasteiger partial charge is 0.366 e. The number of para-hydroxylation sites is 1. The van der Waals surface area contributed by atoms with E-state index in [4.69, 9.17) is 28.9 Å². The van der Waals surface area contributed by atoms with Crippen LogP contribution in [0.2, 0.25) is 10.0 Å². The number of nitrogens with zero attached hydrogens (tertiary/aromatic N) is 2. The number of nitrogens with two attached hydrogens (primary N) is 1. The Morgan fingerprint density at radius 1 is 1.03 bits per heavy atom. The van der Waals surface area contributed by atoms with Gasteiger partial charge in [0.25, 0.3) is 5.91 Å². The van der Waals surface area contributed by atoms with E-state index in [1.807, 2.05) is 24.3 Å². The van der Waals surface area contributed by atoms with Gasteiger partial charge < -0.3 is 16.0 Å². The van der Waals surface area contributed by atoms with Crippen molar-refractivity contribution in [3.63, 3.8) is 0 Å². The maximum Gasteiger partial charge on any atom is 0.272 e. The normalized spacial score (nSPS) is 15.2. The van der Waals surface area contributed by atoms with Crippen LogP contribution in [0.3, 0.4) is 0 Å². The molecule has 3 aromatic carbocycles. The second-order valence-corrected chi connectivity index (χ2v) is 8.95. The van der Waals surface area contributed by atoms with E-state index in [2.05, 4.69) is 10.3 Å². The molecule has 0 aliphatic carbocycles. The fraction of sp³-hybridized carbons (Fsp3) is 0.154. The average Bonchev–Trinajstić information content (AvgIpc) is 2.93. The number of nitrogens with one attached hydrogen (secondary N) is 1. The molecule has 7 nitrogen and oxygen atoms in total. The van der Waals surface area contributed by atoms with Gasteiger partial charge in [-0.3, -0.25) is 14.4 Å². The zero-order valence-corrected chi connectivity index (χ0v) is 20.3. The Balaban J connectivity index is 1.63. The highest BCUT2D eigenvalue weighted by atomic mass is 35.5. The second kappa shape index (κ2) is 10.3. The summed E-state index contributed by atoms with van der Waals surface area (Å²) in [6.07, 6.45) is -0.613. The first-order valence-electron chi connectivity index (χ1n) is 10.8. The number of benzene rings is 3. The second-order valence-electron chi connectivity index (χ2n) is 8.08. The van der Waals surface area contributed by atoms with Gasteiger partial charge in [-0.2, -0.15) is 0 Å². The predicted octanol–water partition coefficient (Wildman–Crippen LogP) is 3.98. The summed E-state index contributed by atoms with van der Waals surface area (Å²) in [5.74, 6) is -1.26. The van der Waals surface area contributed by atoms with Crippen molar-refractivity contribution in [3.05, 3.63) is 99.0 Å². The van der Waals surface area contributed by atoms with Gasteiger partial charge >= 0.3 is 0 Å². The van der Waals surface area contributed by atoms with Crippen LogP contribution in [0.5, 0.6) is 0 Å². The van der Waals surface area contributed by atoms with Crippen molar-refractivity contribution in [2.75, 3.05) is 11.9 Å². The third-order valence-corrected chi connectivity index (χ3v) is 6.08. The third-order valence-electron chi connectivity index (χ3n) is 5.65. The molecule has 0 saturated carbocycles. The monoisotopic (exact) mass is 508 g/mol. The summed E-state index contributed by atoms with van der Waals surface area (Å²) >= 11 is 12.1. The Morgan fingerprint density at radius 2 is 1.69 bits per heavy atom. The topological polar surface area (TPSA) is 105 Å². The Kier molecular flexibility index (Phi) is 7.19. The smallest absolute Gasteiger partial charge is 0.272 e. The maximum atomic E-state index is 13.2. The molecule has 1 atom stereocenters. The van der Waals surface area contributed by atoms with Gasteiger partial charge in [-0.25, -0.2) is 4.99 Å². The molecule has 9 heteroatoms. The van der Waals surface area contributed by atoms with Crippen molar-refractivity contribution in [1.29, 1.82) is 0 Å². The minimum absolute atomic E-state index is 0.120. The van der Waals surface area contributed by atoms with Crippen LogP contribution in [-0.4, -0.2) is 36.6 Å². The van der Waals surface area contributed by atoms with E-state index in [0.29, 0.717) is 39.0 Å². The summed E-state index contributed by atoms with van der Waals surface area (Å²) < 4.78 is 0. The number of aryl methyl sites for hydroxylation is 1. The molecule has 0 radical (unpaired) electrons. The number of carbonyl (C=O) groups is 3. The molecule has 3 N–H and O–H groups in total. The molecule has 0 aromatic heterocycles. The van der Waals surface area contributed by atoms with Gasteiger partial charge in [0.15, 0.2) is 0 Å². The number of primary amides is 1. The molecule has 4 rings (SSSR count). The van der Waals surface area contributed by atoms with Gasteiger partial charge in [-0.1, -0.05) is 53.5 Å². The first kappa shape index (κ1) is 24.4. The van der Waals surface area contributed by atoms with Gasteiger partial charge in [0.05, 0.1) is 11.4 Å². The standard InChI is InChI=1S/C26H22Cl2N4O3/c1-32-21-5-3-2-4-20(21)23(16-7-9-17(10-8-16)24(29)34)31-25(26(32)35)30-22(33)11-6-15-12-18(27)14-19(28)13-15/h2-5,7-10,12-14,25H,6,11H2,1H3,(H2,29,34)(H,30,33)/t25-/m1/s1. The van der Waals surface area contributed by atoms with Crippen LogP contribution in [0.25, 0.3) is 0 Å². The van der Waals surface area contributed by atoms with Gasteiger partial charge in [-0.05, 0) is 48.4 Å². The summed E-state index contributed by atoms with van der Waals surface area (Å²) in [5, 5.41) is 3.72. The number of anilines is 1. The molecule has 0 bridgehead atoms. The van der Waals surface area contributed by atoms with Crippen molar-refractivity contribution in [3.8, 4) is 0 Å². The van der Waals surface area contributed by atoms with Crippen LogP contribution in [0.15, 0.2) is 71.7 Å². The lowest BCUT2D eigenvalue weighted by atomic mass is 9.99. The average molecular weight is 509 g/mol. The van der Waals surface area contributed by atoms with Crippen molar-refractivity contribution in [1.82, 2.24) is 5.32 Å². The zero-order valence-electron chi connectivity index (χ0n) is 18.8. The summed E-state index contributed by atoms with van der Waals surface area (Å²) in [6, 6.07) is 19.1. The molecule has 3 aromatic rings. The number of aliphatic imine (C=N–C) groups is 1. The van der Waals surface area contributed by atoms with E-state index >= 15 is 0 Å². The lowest BCUT2D eigenvalue weighted by Crippen LogP contribution is -2.46. The molecule has 35 heavy (non-hydrogen) atoms. The fourth-order valence-corrected chi connectivity index (χ4v) is 4.45. The molecular weight excluding hydrogens is 487 g/mol. The third kappa shape index (κ3) is 5.53. The number of hydrogen-bond donors (Lipinski definition) is 2. The highest BCUT2D eigenvalue weighted by molar-refractivity contribution is 6.34. The Hall–Kier alpha value is -3.68. The first-order chi connectivity index (χ1) is 16.7. The van der Waals surface area contributed by atoms with E-state index < -0.39 is 12.1 Å². The highest BCUT2D eigenvalue weighted by Crippen LogP contribution is 2.27. The molecule has 3 amide bonds. The number of carbonyl (C=O) groups excluding carboxylic acids is 3. The van der Waals surface area contributed by atoms with E-state index in [9.17, 15) is 14.4 Å². The van der Waals surface area contributed by atoms with Crippen LogP contribution in [0.1, 0.15) is 33.5 Å². The van der Waals surface area contributed by atoms with Crippen molar-refractivity contribution in [2.45, 2.75) is 19.0 Å². The van der Waals surface area contributed by atoms with Crippen molar-refractivity contribution in [2.24, 2.45) is 10.7 Å². The highest BCUT2D eigenvalue weighted by Gasteiger charge is 2.30. The lowest BCUT2D eigenvalue weighted by molar-refractivity contribution is -0.127. The van der Waals surface area contributed by atoms with E-state index in [0.717, 1.165) is 11.1 Å². The summed E-state index contributed by atoms with van der Waals surface area (Å²) in [4.78, 5) is 43.6. The molecule has 0 saturated heterocycles. The van der Waals surface area contributed by atoms with Crippen molar-refractivity contribution >= 4 is 52.3 Å². The van der Waals surface area contributed by atoms with Crippen LogP contribution < -0.4 is 16.0 Å². The predicted molar refractivity (Wildman–Crippen MR) is 137 cm³/mol. The van der Waals surface area contributed by atoms with Crippen LogP contribution in [0.4, 0.5) is 5.69 Å². The molecular formula is C26H22Cl2N4O3. The minimum atomic E-state index is -1.13. The molecule has 178 valence electrons. The summed E-state index contributed by atoms with van der Waals surface area (Å²) in [7, 11) is 1.64. The lowest BCUT2D eigenvalue weighted by Gasteiger charge is -2.20. The summed E-state index contributed by atoms with van der Waals surface area (Å²) in [5.41, 5.74) is 9.10. The molecule has 0 fully saturated rings. The minimum Gasteiger partial charge on any atom is -0.366 e. The van der Waals surface area contributed by atoms with Crippen LogP contribution in [-0.2, 0) is 16.0 Å². The van der Waals surface area contributed by atoms with Gasteiger partial charge in [-0.15, -0.1) is 0 Å². The van der Waals surface area contributed by atoms with E-state index in [1.54, 1.807) is 49.5 Å². The number of hydrogen-bond acceptors (Lipinski definition) is 4. The molecule has 1 heterocycles. The number of fused-ring (bicyclic) bond motifs is 1. The van der Waals surface area contributed by atoms with Gasteiger partial charge in [0.2, 0.25) is 18.0 Å². The molecule has 0 unspecified atom stereocenters.